The standard InChI is InChI=1S/C31H22F8O/c1-3-16-6-17-4-5-18(8-19(17)7-16)20-9-25(34)29(26(35)10-20)21-11-27(36)30(28(37)12-21)31(38,39)40-22-13-23(32)15(2)24(33)14-22/h4-5,8-14,16H,3,6-7H2,1-2H3. The number of ether oxygens (including phenoxy) is 1. The molecule has 0 N–H and O–H groups in total. The summed E-state index contributed by atoms with van der Waals surface area (Å²) in [5.74, 6) is -8.98. The fourth-order valence-corrected chi connectivity index (χ4v) is 5.07. The quantitative estimate of drug-likeness (QED) is 0.213. The van der Waals surface area contributed by atoms with Gasteiger partial charge in [0.1, 0.15) is 46.2 Å². The first kappa shape index (κ1) is 27.7. The summed E-state index contributed by atoms with van der Waals surface area (Å²) in [5.41, 5.74) is -0.793. The van der Waals surface area contributed by atoms with E-state index in [9.17, 15) is 26.3 Å². The lowest BCUT2D eigenvalue weighted by Crippen LogP contribution is -2.25. The highest BCUT2D eigenvalue weighted by molar-refractivity contribution is 5.73. The molecule has 0 amide bonds. The Labute approximate surface area is 225 Å². The Bertz CT molecular complexity index is 1560. The van der Waals surface area contributed by atoms with Gasteiger partial charge in [0.25, 0.3) is 0 Å². The molecule has 0 heterocycles. The number of rotatable bonds is 6. The summed E-state index contributed by atoms with van der Waals surface area (Å²) in [6.07, 6.45) is -1.92. The van der Waals surface area contributed by atoms with E-state index in [4.69, 9.17) is 0 Å². The second-order valence-electron chi connectivity index (χ2n) is 9.93. The van der Waals surface area contributed by atoms with Crippen LogP contribution in [0.2, 0.25) is 0 Å². The van der Waals surface area contributed by atoms with Crippen LogP contribution in [-0.4, -0.2) is 0 Å². The summed E-state index contributed by atoms with van der Waals surface area (Å²) >= 11 is 0. The van der Waals surface area contributed by atoms with Gasteiger partial charge in [0.2, 0.25) is 0 Å². The molecule has 5 rings (SSSR count). The summed E-state index contributed by atoms with van der Waals surface area (Å²) in [6, 6.07) is 9.09. The number of hydrogen-bond donors (Lipinski definition) is 0. The first-order chi connectivity index (χ1) is 18.9. The maximum atomic E-state index is 15.1. The molecule has 1 nitrogen and oxygen atoms in total. The van der Waals surface area contributed by atoms with Crippen molar-refractivity contribution in [1.82, 2.24) is 0 Å². The van der Waals surface area contributed by atoms with Crippen molar-refractivity contribution in [2.45, 2.75) is 39.2 Å². The molecule has 208 valence electrons. The van der Waals surface area contributed by atoms with Crippen LogP contribution in [-0.2, 0) is 19.0 Å². The summed E-state index contributed by atoms with van der Waals surface area (Å²) < 4.78 is 121. The van der Waals surface area contributed by atoms with Gasteiger partial charge in [-0.05, 0) is 77.8 Å². The molecule has 1 unspecified atom stereocenters. The van der Waals surface area contributed by atoms with Crippen molar-refractivity contribution in [3.05, 3.63) is 112 Å². The van der Waals surface area contributed by atoms with Gasteiger partial charge in [0.15, 0.2) is 0 Å². The molecule has 0 radical (unpaired) electrons. The Hall–Kier alpha value is -3.88. The molecule has 0 bridgehead atoms. The Balaban J connectivity index is 1.47. The zero-order valence-electron chi connectivity index (χ0n) is 21.3. The van der Waals surface area contributed by atoms with Gasteiger partial charge in [0.05, 0.1) is 5.56 Å². The van der Waals surface area contributed by atoms with E-state index < -0.39 is 69.0 Å². The van der Waals surface area contributed by atoms with E-state index in [1.165, 1.54) is 5.56 Å². The highest BCUT2D eigenvalue weighted by Gasteiger charge is 2.41. The Morgan fingerprint density at radius 3 is 1.80 bits per heavy atom. The third kappa shape index (κ3) is 5.05. The third-order valence-electron chi connectivity index (χ3n) is 7.30. The maximum absolute atomic E-state index is 15.1. The van der Waals surface area contributed by atoms with E-state index in [2.05, 4.69) is 11.7 Å². The van der Waals surface area contributed by atoms with Crippen LogP contribution in [0.1, 0.15) is 35.6 Å². The minimum absolute atomic E-state index is 0.205. The van der Waals surface area contributed by atoms with Gasteiger partial charge in [-0.15, -0.1) is 0 Å². The minimum atomic E-state index is -4.72. The van der Waals surface area contributed by atoms with Gasteiger partial charge in [0, 0.05) is 17.7 Å². The summed E-state index contributed by atoms with van der Waals surface area (Å²) in [7, 11) is 0. The maximum Gasteiger partial charge on any atom is 0.432 e. The molecule has 4 aromatic carbocycles. The van der Waals surface area contributed by atoms with Crippen molar-refractivity contribution in [2.24, 2.45) is 5.92 Å². The largest absolute Gasteiger partial charge is 0.432 e. The number of hydrogen-bond acceptors (Lipinski definition) is 1. The van der Waals surface area contributed by atoms with Gasteiger partial charge >= 0.3 is 6.11 Å². The monoisotopic (exact) mass is 562 g/mol. The lowest BCUT2D eigenvalue weighted by Gasteiger charge is -2.20. The van der Waals surface area contributed by atoms with Crippen molar-refractivity contribution in [2.75, 3.05) is 0 Å². The van der Waals surface area contributed by atoms with E-state index >= 15 is 8.78 Å². The minimum Gasteiger partial charge on any atom is -0.429 e. The average Bonchev–Trinajstić information content (AvgIpc) is 3.28. The first-order valence-corrected chi connectivity index (χ1v) is 12.5. The van der Waals surface area contributed by atoms with Gasteiger partial charge in [-0.3, -0.25) is 0 Å². The van der Waals surface area contributed by atoms with Crippen molar-refractivity contribution < 1.29 is 39.9 Å². The summed E-state index contributed by atoms with van der Waals surface area (Å²) in [4.78, 5) is 0. The Kier molecular flexibility index (Phi) is 7.10. The predicted octanol–water partition coefficient (Wildman–Crippen LogP) is 9.42. The molecule has 0 spiro atoms. The SMILES string of the molecule is CCC1Cc2ccc(-c3cc(F)c(-c4cc(F)c(C(F)(F)Oc5cc(F)c(C)c(F)c5)c(F)c4)c(F)c3)cc2C1. The summed E-state index contributed by atoms with van der Waals surface area (Å²) in [6.45, 7) is 3.16. The van der Waals surface area contributed by atoms with E-state index in [1.807, 2.05) is 12.1 Å². The van der Waals surface area contributed by atoms with Crippen molar-refractivity contribution >= 4 is 0 Å². The van der Waals surface area contributed by atoms with Crippen LogP contribution in [0.3, 0.4) is 0 Å². The zero-order chi connectivity index (χ0) is 28.9. The molecule has 0 aliphatic heterocycles. The molecular formula is C31H22F8O. The Morgan fingerprint density at radius 2 is 1.23 bits per heavy atom. The van der Waals surface area contributed by atoms with Crippen LogP contribution in [0.4, 0.5) is 35.1 Å². The molecule has 1 aliphatic rings. The smallest absolute Gasteiger partial charge is 0.429 e. The van der Waals surface area contributed by atoms with Crippen molar-refractivity contribution in [3.63, 3.8) is 0 Å². The number of fused-ring (bicyclic) bond motifs is 1. The lowest BCUT2D eigenvalue weighted by atomic mass is 9.96. The Morgan fingerprint density at radius 1 is 0.675 bits per heavy atom. The molecule has 0 aromatic heterocycles. The second kappa shape index (κ2) is 10.3. The highest BCUT2D eigenvalue weighted by Crippen LogP contribution is 2.40. The van der Waals surface area contributed by atoms with Crippen LogP contribution < -0.4 is 4.74 Å². The number of alkyl halides is 2. The number of benzene rings is 4. The van der Waals surface area contributed by atoms with Crippen LogP contribution in [0.25, 0.3) is 22.3 Å². The molecule has 1 aliphatic carbocycles. The molecule has 0 saturated heterocycles. The van der Waals surface area contributed by atoms with Gasteiger partial charge in [-0.2, -0.15) is 8.78 Å². The first-order valence-electron chi connectivity index (χ1n) is 12.5. The van der Waals surface area contributed by atoms with E-state index in [1.54, 1.807) is 6.07 Å². The van der Waals surface area contributed by atoms with E-state index in [0.717, 1.165) is 43.9 Å². The highest BCUT2D eigenvalue weighted by atomic mass is 19.3. The molecule has 1 atom stereocenters. The normalized spacial score (nSPS) is 14.9. The predicted molar refractivity (Wildman–Crippen MR) is 134 cm³/mol. The average molecular weight is 562 g/mol. The van der Waals surface area contributed by atoms with E-state index in [-0.39, 0.29) is 5.56 Å². The fraction of sp³-hybridized carbons (Fsp3) is 0.226. The van der Waals surface area contributed by atoms with Gasteiger partial charge < -0.3 is 4.74 Å². The van der Waals surface area contributed by atoms with Crippen LogP contribution >= 0.6 is 0 Å². The van der Waals surface area contributed by atoms with Crippen LogP contribution in [0.15, 0.2) is 54.6 Å². The van der Waals surface area contributed by atoms with Crippen molar-refractivity contribution in [3.8, 4) is 28.0 Å². The zero-order valence-corrected chi connectivity index (χ0v) is 21.3. The summed E-state index contributed by atoms with van der Waals surface area (Å²) in [5, 5.41) is 0. The topological polar surface area (TPSA) is 9.23 Å². The molecule has 9 heteroatoms. The van der Waals surface area contributed by atoms with Gasteiger partial charge in [-0.1, -0.05) is 31.5 Å². The van der Waals surface area contributed by atoms with Crippen LogP contribution in [0.5, 0.6) is 5.75 Å². The third-order valence-corrected chi connectivity index (χ3v) is 7.30. The fourth-order valence-electron chi connectivity index (χ4n) is 5.07. The lowest BCUT2D eigenvalue weighted by molar-refractivity contribution is -0.189. The molecule has 0 fully saturated rings. The van der Waals surface area contributed by atoms with Crippen LogP contribution in [0, 0.1) is 47.7 Å². The molecule has 40 heavy (non-hydrogen) atoms. The number of halogens is 8. The second-order valence-corrected chi connectivity index (χ2v) is 9.93. The van der Waals surface area contributed by atoms with Gasteiger partial charge in [-0.25, -0.2) is 26.3 Å². The molecule has 0 saturated carbocycles. The van der Waals surface area contributed by atoms with E-state index in [0.29, 0.717) is 35.7 Å². The molecular weight excluding hydrogens is 540 g/mol. The molecule has 4 aromatic rings. The van der Waals surface area contributed by atoms with Crippen molar-refractivity contribution in [1.29, 1.82) is 0 Å².